The zero-order chi connectivity index (χ0) is 14.6. The molecule has 0 saturated heterocycles. The average Bonchev–Trinajstić information content (AvgIpc) is 2.80. The van der Waals surface area contributed by atoms with Gasteiger partial charge in [0.1, 0.15) is 11.4 Å². The van der Waals surface area contributed by atoms with Gasteiger partial charge in [0.25, 0.3) is 0 Å². The summed E-state index contributed by atoms with van der Waals surface area (Å²) >= 11 is 0. The van der Waals surface area contributed by atoms with Gasteiger partial charge in [-0.25, -0.2) is 0 Å². The molecule has 1 amide bonds. The molecule has 1 aliphatic rings. The molecule has 1 fully saturated rings. The minimum absolute atomic E-state index is 0. The number of hydrogen-bond donors (Lipinski definition) is 2. The lowest BCUT2D eigenvalue weighted by molar-refractivity contribution is -0.118. The van der Waals surface area contributed by atoms with Crippen LogP contribution in [0.2, 0.25) is 0 Å². The first-order valence-corrected chi connectivity index (χ1v) is 7.55. The van der Waals surface area contributed by atoms with E-state index in [1.165, 1.54) is 19.3 Å². The normalized spacial score (nSPS) is 17.1. The molecule has 0 aliphatic heterocycles. The highest BCUT2D eigenvalue weighted by Gasteiger charge is 2.33. The first-order valence-electron chi connectivity index (χ1n) is 7.55. The monoisotopic (exact) mass is 315 g/mol. The van der Waals surface area contributed by atoms with Gasteiger partial charge in [0, 0.05) is 6.42 Å². The predicted octanol–water partition coefficient (Wildman–Crippen LogP) is 3.21. The van der Waals surface area contributed by atoms with Gasteiger partial charge in [0.2, 0.25) is 5.91 Å². The summed E-state index contributed by atoms with van der Waals surface area (Å²) in [6, 6.07) is 0. The molecule has 0 aromatic carbocycles. The molecule has 5 nitrogen and oxygen atoms in total. The van der Waals surface area contributed by atoms with Crippen LogP contribution in [-0.4, -0.2) is 17.6 Å². The van der Waals surface area contributed by atoms with E-state index in [1.54, 1.807) is 0 Å². The topological polar surface area (TPSA) is 81.2 Å². The Hall–Kier alpha value is -1.07. The van der Waals surface area contributed by atoms with Crippen molar-refractivity contribution in [3.05, 3.63) is 11.5 Å². The fraction of sp³-hybridized carbons (Fsp3) is 0.733. The van der Waals surface area contributed by atoms with Crippen molar-refractivity contribution in [1.29, 1.82) is 0 Å². The standard InChI is InChI=1S/C15H25N3O2.ClH/c1-3-12-14(11(2)20-18-12)17-13(19)9-15(10-16)7-5-4-6-8-15;/h3-10,16H2,1-2H3,(H,17,19);1H. The summed E-state index contributed by atoms with van der Waals surface area (Å²) in [6.45, 7) is 4.40. The number of carbonyl (C=O) groups excluding carboxylic acids is 1. The number of nitrogens with two attached hydrogens (primary N) is 1. The van der Waals surface area contributed by atoms with Gasteiger partial charge < -0.3 is 15.6 Å². The fourth-order valence-electron chi connectivity index (χ4n) is 3.10. The molecule has 0 radical (unpaired) electrons. The number of anilines is 1. The minimum Gasteiger partial charge on any atom is -0.359 e. The number of halogens is 1. The van der Waals surface area contributed by atoms with Gasteiger partial charge in [-0.2, -0.15) is 0 Å². The molecule has 0 atom stereocenters. The van der Waals surface area contributed by atoms with Crippen LogP contribution in [0.25, 0.3) is 0 Å². The smallest absolute Gasteiger partial charge is 0.225 e. The van der Waals surface area contributed by atoms with Crippen molar-refractivity contribution < 1.29 is 9.32 Å². The molecule has 2 rings (SSSR count). The van der Waals surface area contributed by atoms with Gasteiger partial charge >= 0.3 is 0 Å². The number of carbonyl (C=O) groups is 1. The third-order valence-electron chi connectivity index (χ3n) is 4.42. The number of rotatable bonds is 5. The Bertz CT molecular complexity index is 467. The molecule has 3 N–H and O–H groups in total. The van der Waals surface area contributed by atoms with Crippen LogP contribution in [-0.2, 0) is 11.2 Å². The van der Waals surface area contributed by atoms with Crippen molar-refractivity contribution in [2.75, 3.05) is 11.9 Å². The van der Waals surface area contributed by atoms with Crippen LogP contribution >= 0.6 is 12.4 Å². The largest absolute Gasteiger partial charge is 0.359 e. The molecule has 0 bridgehead atoms. The van der Waals surface area contributed by atoms with E-state index in [-0.39, 0.29) is 23.7 Å². The summed E-state index contributed by atoms with van der Waals surface area (Å²) < 4.78 is 5.14. The van der Waals surface area contributed by atoms with Crippen LogP contribution in [0, 0.1) is 12.3 Å². The quantitative estimate of drug-likeness (QED) is 0.874. The van der Waals surface area contributed by atoms with Gasteiger partial charge in [-0.3, -0.25) is 4.79 Å². The van der Waals surface area contributed by atoms with Gasteiger partial charge in [0.05, 0.1) is 0 Å². The molecular weight excluding hydrogens is 290 g/mol. The first-order chi connectivity index (χ1) is 9.60. The summed E-state index contributed by atoms with van der Waals surface area (Å²) in [5.74, 6) is 0.694. The molecule has 1 aromatic heterocycles. The predicted molar refractivity (Wildman–Crippen MR) is 85.7 cm³/mol. The summed E-state index contributed by atoms with van der Waals surface area (Å²) in [4.78, 5) is 12.3. The maximum Gasteiger partial charge on any atom is 0.225 e. The number of aromatic nitrogens is 1. The SMILES string of the molecule is CCc1noc(C)c1NC(=O)CC1(CN)CCCCC1.Cl. The molecule has 6 heteroatoms. The highest BCUT2D eigenvalue weighted by Crippen LogP contribution is 2.38. The first kappa shape index (κ1) is 18.0. The average molecular weight is 316 g/mol. The molecule has 120 valence electrons. The van der Waals surface area contributed by atoms with Crippen molar-refractivity contribution in [3.63, 3.8) is 0 Å². The zero-order valence-corrected chi connectivity index (χ0v) is 13.7. The third-order valence-corrected chi connectivity index (χ3v) is 4.42. The van der Waals surface area contributed by atoms with E-state index in [4.69, 9.17) is 10.3 Å². The van der Waals surface area contributed by atoms with Crippen molar-refractivity contribution >= 4 is 24.0 Å². The molecule has 0 spiro atoms. The molecule has 0 unspecified atom stereocenters. The maximum absolute atomic E-state index is 12.3. The minimum atomic E-state index is -0.0141. The molecule has 1 saturated carbocycles. The number of amides is 1. The van der Waals surface area contributed by atoms with E-state index < -0.39 is 0 Å². The number of hydrogen-bond acceptors (Lipinski definition) is 4. The van der Waals surface area contributed by atoms with Crippen LogP contribution in [0.15, 0.2) is 4.52 Å². The summed E-state index contributed by atoms with van der Waals surface area (Å²) in [5, 5.41) is 6.92. The summed E-state index contributed by atoms with van der Waals surface area (Å²) in [6.07, 6.45) is 6.97. The number of nitrogens with one attached hydrogen (secondary N) is 1. The van der Waals surface area contributed by atoms with Gasteiger partial charge in [0.15, 0.2) is 5.76 Å². The second-order valence-corrected chi connectivity index (χ2v) is 5.90. The van der Waals surface area contributed by atoms with E-state index >= 15 is 0 Å². The second-order valence-electron chi connectivity index (χ2n) is 5.90. The summed E-state index contributed by atoms with van der Waals surface area (Å²) in [7, 11) is 0. The van der Waals surface area contributed by atoms with E-state index in [0.29, 0.717) is 18.7 Å². The van der Waals surface area contributed by atoms with Crippen molar-refractivity contribution in [1.82, 2.24) is 5.16 Å². The van der Waals surface area contributed by atoms with E-state index in [9.17, 15) is 4.79 Å². The Labute approximate surface area is 132 Å². The Morgan fingerprint density at radius 2 is 2.05 bits per heavy atom. The summed E-state index contributed by atoms with van der Waals surface area (Å²) in [5.41, 5.74) is 7.46. The Balaban J connectivity index is 0.00000220. The zero-order valence-electron chi connectivity index (χ0n) is 12.9. The van der Waals surface area contributed by atoms with Crippen molar-refractivity contribution in [2.24, 2.45) is 11.1 Å². The van der Waals surface area contributed by atoms with Crippen LogP contribution in [0.1, 0.15) is 56.9 Å². The Kier molecular flexibility index (Phi) is 6.68. The van der Waals surface area contributed by atoms with Crippen LogP contribution in [0.5, 0.6) is 0 Å². The number of nitrogens with zero attached hydrogens (tertiary/aromatic N) is 1. The number of aryl methyl sites for hydroxylation is 2. The second kappa shape index (κ2) is 7.80. The fourth-order valence-corrected chi connectivity index (χ4v) is 3.10. The lowest BCUT2D eigenvalue weighted by Gasteiger charge is -2.35. The van der Waals surface area contributed by atoms with Crippen molar-refractivity contribution in [3.8, 4) is 0 Å². The van der Waals surface area contributed by atoms with Crippen LogP contribution in [0.3, 0.4) is 0 Å². The van der Waals surface area contributed by atoms with Gasteiger partial charge in [-0.1, -0.05) is 31.3 Å². The molecule has 1 aromatic rings. The lowest BCUT2D eigenvalue weighted by atomic mass is 9.71. The van der Waals surface area contributed by atoms with E-state index in [2.05, 4.69) is 10.5 Å². The van der Waals surface area contributed by atoms with E-state index in [1.807, 2.05) is 13.8 Å². The van der Waals surface area contributed by atoms with Gasteiger partial charge in [-0.05, 0) is 38.1 Å². The maximum atomic E-state index is 12.3. The lowest BCUT2D eigenvalue weighted by Crippen LogP contribution is -2.36. The Morgan fingerprint density at radius 3 is 2.62 bits per heavy atom. The highest BCUT2D eigenvalue weighted by atomic mass is 35.5. The van der Waals surface area contributed by atoms with E-state index in [0.717, 1.165) is 30.6 Å². The molecule has 1 heterocycles. The molecular formula is C15H26ClN3O2. The Morgan fingerprint density at radius 1 is 1.38 bits per heavy atom. The third kappa shape index (κ3) is 4.20. The molecule has 1 aliphatic carbocycles. The van der Waals surface area contributed by atoms with Crippen LogP contribution in [0.4, 0.5) is 5.69 Å². The molecule has 21 heavy (non-hydrogen) atoms. The van der Waals surface area contributed by atoms with Crippen molar-refractivity contribution in [2.45, 2.75) is 58.8 Å². The van der Waals surface area contributed by atoms with Crippen LogP contribution < -0.4 is 11.1 Å². The van der Waals surface area contributed by atoms with Gasteiger partial charge in [-0.15, -0.1) is 12.4 Å². The highest BCUT2D eigenvalue weighted by molar-refractivity contribution is 5.92.